The molecular formula is C14H17N3O4. The molecular weight excluding hydrogens is 274 g/mol. The van der Waals surface area contributed by atoms with Gasteiger partial charge in [-0.2, -0.15) is 5.10 Å². The van der Waals surface area contributed by atoms with Crippen LogP contribution in [0, 0.1) is 0 Å². The van der Waals surface area contributed by atoms with Crippen molar-refractivity contribution in [2.75, 3.05) is 19.5 Å². The summed E-state index contributed by atoms with van der Waals surface area (Å²) in [5.74, 6) is 0.463. The highest BCUT2D eigenvalue weighted by Crippen LogP contribution is 2.34. The molecule has 21 heavy (non-hydrogen) atoms. The maximum atomic E-state index is 11.4. The molecule has 0 atom stereocenters. The molecule has 0 aliphatic carbocycles. The molecule has 0 unspecified atom stereocenters. The van der Waals surface area contributed by atoms with E-state index in [9.17, 15) is 9.90 Å². The Morgan fingerprint density at radius 1 is 1.33 bits per heavy atom. The lowest BCUT2D eigenvalue weighted by atomic mass is 10.1. The van der Waals surface area contributed by atoms with Crippen molar-refractivity contribution < 1.29 is 19.4 Å². The topological polar surface area (TPSA) is 85.6 Å². The van der Waals surface area contributed by atoms with Crippen LogP contribution in [-0.2, 0) is 6.54 Å². The molecule has 0 aliphatic heterocycles. The first kappa shape index (κ1) is 14.7. The minimum Gasteiger partial charge on any atom is -0.493 e. The SMILES string of the molecule is CCn1nccc1Nc1cc(OC)c(OC)cc1C(=O)O. The molecule has 1 aromatic carbocycles. The highest BCUT2D eigenvalue weighted by molar-refractivity contribution is 5.96. The zero-order chi connectivity index (χ0) is 15.4. The number of carbonyl (C=O) groups is 1. The van der Waals surface area contributed by atoms with Gasteiger partial charge in [0, 0.05) is 24.7 Å². The number of hydrogen-bond donors (Lipinski definition) is 2. The average molecular weight is 291 g/mol. The Kier molecular flexibility index (Phi) is 4.32. The number of ether oxygens (including phenoxy) is 2. The minimum absolute atomic E-state index is 0.0940. The molecule has 2 N–H and O–H groups in total. The Morgan fingerprint density at radius 2 is 2.00 bits per heavy atom. The van der Waals surface area contributed by atoms with Gasteiger partial charge in [0.15, 0.2) is 11.5 Å². The fourth-order valence-electron chi connectivity index (χ4n) is 1.99. The Bertz CT molecular complexity index is 652. The number of methoxy groups -OCH3 is 2. The number of benzene rings is 1. The van der Waals surface area contributed by atoms with Gasteiger partial charge in [-0.1, -0.05) is 0 Å². The van der Waals surface area contributed by atoms with Gasteiger partial charge in [-0.05, 0) is 6.92 Å². The van der Waals surface area contributed by atoms with Crippen molar-refractivity contribution in [3.63, 3.8) is 0 Å². The third-order valence-electron chi connectivity index (χ3n) is 3.03. The van der Waals surface area contributed by atoms with E-state index < -0.39 is 5.97 Å². The maximum Gasteiger partial charge on any atom is 0.337 e. The zero-order valence-corrected chi connectivity index (χ0v) is 12.1. The van der Waals surface area contributed by atoms with Crippen LogP contribution in [0.25, 0.3) is 0 Å². The number of anilines is 2. The van der Waals surface area contributed by atoms with Crippen molar-refractivity contribution >= 4 is 17.5 Å². The van der Waals surface area contributed by atoms with E-state index in [1.807, 2.05) is 6.92 Å². The van der Waals surface area contributed by atoms with Gasteiger partial charge in [-0.3, -0.25) is 0 Å². The van der Waals surface area contributed by atoms with E-state index in [4.69, 9.17) is 9.47 Å². The summed E-state index contributed by atoms with van der Waals surface area (Å²) in [4.78, 5) is 11.4. The Morgan fingerprint density at radius 3 is 2.57 bits per heavy atom. The fraction of sp³-hybridized carbons (Fsp3) is 0.286. The molecule has 0 spiro atoms. The number of aryl methyl sites for hydroxylation is 1. The van der Waals surface area contributed by atoms with Gasteiger partial charge in [0.1, 0.15) is 5.82 Å². The van der Waals surface area contributed by atoms with Gasteiger partial charge >= 0.3 is 5.97 Å². The van der Waals surface area contributed by atoms with Crippen molar-refractivity contribution in [2.24, 2.45) is 0 Å². The first-order valence-corrected chi connectivity index (χ1v) is 6.38. The van der Waals surface area contributed by atoms with Gasteiger partial charge in [0.05, 0.1) is 31.7 Å². The zero-order valence-electron chi connectivity index (χ0n) is 12.1. The number of aromatic nitrogens is 2. The standard InChI is InChI=1S/C14H17N3O4/c1-4-17-13(5-6-15-17)16-10-8-12(21-3)11(20-2)7-9(10)14(18)19/h5-8,16H,4H2,1-3H3,(H,18,19). The number of hydrogen-bond acceptors (Lipinski definition) is 5. The van der Waals surface area contributed by atoms with Crippen LogP contribution < -0.4 is 14.8 Å². The van der Waals surface area contributed by atoms with E-state index in [1.165, 1.54) is 20.3 Å². The number of aromatic carboxylic acids is 1. The molecule has 0 fully saturated rings. The smallest absolute Gasteiger partial charge is 0.337 e. The molecule has 0 saturated heterocycles. The fourth-order valence-corrected chi connectivity index (χ4v) is 1.99. The van der Waals surface area contributed by atoms with E-state index in [0.29, 0.717) is 29.5 Å². The molecule has 1 aromatic heterocycles. The summed E-state index contributed by atoms with van der Waals surface area (Å²) < 4.78 is 12.1. The monoisotopic (exact) mass is 291 g/mol. The molecule has 112 valence electrons. The van der Waals surface area contributed by atoms with Gasteiger partial charge in [-0.15, -0.1) is 0 Å². The third kappa shape index (κ3) is 2.91. The van der Waals surface area contributed by atoms with Gasteiger partial charge in [-0.25, -0.2) is 9.48 Å². The summed E-state index contributed by atoms with van der Waals surface area (Å²) in [6, 6.07) is 4.79. The normalized spacial score (nSPS) is 10.2. The van der Waals surface area contributed by atoms with Crippen LogP contribution in [0.5, 0.6) is 11.5 Å². The summed E-state index contributed by atoms with van der Waals surface area (Å²) in [7, 11) is 2.96. The summed E-state index contributed by atoms with van der Waals surface area (Å²) in [5.41, 5.74) is 0.506. The molecule has 7 heteroatoms. The van der Waals surface area contributed by atoms with E-state index in [0.717, 1.165) is 0 Å². The van der Waals surface area contributed by atoms with Crippen molar-refractivity contribution in [3.05, 3.63) is 30.0 Å². The van der Waals surface area contributed by atoms with Crippen LogP contribution in [0.4, 0.5) is 11.5 Å². The highest BCUT2D eigenvalue weighted by Gasteiger charge is 2.17. The molecule has 1 heterocycles. The van der Waals surface area contributed by atoms with Crippen LogP contribution in [-0.4, -0.2) is 35.1 Å². The first-order chi connectivity index (χ1) is 10.1. The van der Waals surface area contributed by atoms with E-state index >= 15 is 0 Å². The Balaban J connectivity index is 2.48. The van der Waals surface area contributed by atoms with Crippen molar-refractivity contribution in [1.29, 1.82) is 0 Å². The van der Waals surface area contributed by atoms with Gasteiger partial charge in [0.2, 0.25) is 0 Å². The lowest BCUT2D eigenvalue weighted by Crippen LogP contribution is -2.08. The van der Waals surface area contributed by atoms with E-state index in [2.05, 4.69) is 10.4 Å². The van der Waals surface area contributed by atoms with E-state index in [1.54, 1.807) is 23.0 Å². The number of nitrogens with one attached hydrogen (secondary N) is 1. The predicted octanol–water partition coefficient (Wildman–Crippen LogP) is 2.36. The first-order valence-electron chi connectivity index (χ1n) is 6.38. The number of rotatable bonds is 6. The molecule has 0 radical (unpaired) electrons. The molecule has 0 bridgehead atoms. The van der Waals surface area contributed by atoms with Gasteiger partial charge < -0.3 is 19.9 Å². The van der Waals surface area contributed by atoms with Crippen molar-refractivity contribution in [2.45, 2.75) is 13.5 Å². The summed E-state index contributed by atoms with van der Waals surface area (Å²) >= 11 is 0. The van der Waals surface area contributed by atoms with Crippen LogP contribution in [0.15, 0.2) is 24.4 Å². The lowest BCUT2D eigenvalue weighted by Gasteiger charge is -2.14. The van der Waals surface area contributed by atoms with Crippen molar-refractivity contribution in [1.82, 2.24) is 9.78 Å². The molecule has 0 amide bonds. The second-order valence-electron chi connectivity index (χ2n) is 4.22. The summed E-state index contributed by atoms with van der Waals surface area (Å²) in [6.07, 6.45) is 1.65. The van der Waals surface area contributed by atoms with Crippen molar-refractivity contribution in [3.8, 4) is 11.5 Å². The van der Waals surface area contributed by atoms with Crippen LogP contribution in [0.2, 0.25) is 0 Å². The molecule has 0 saturated carbocycles. The average Bonchev–Trinajstić information content (AvgIpc) is 2.93. The molecule has 0 aliphatic rings. The maximum absolute atomic E-state index is 11.4. The minimum atomic E-state index is -1.05. The Labute approximate surface area is 122 Å². The highest BCUT2D eigenvalue weighted by atomic mass is 16.5. The molecule has 7 nitrogen and oxygen atoms in total. The number of carboxylic acids is 1. The Hall–Kier alpha value is -2.70. The molecule has 2 aromatic rings. The number of carboxylic acid groups (broad SMARTS) is 1. The predicted molar refractivity (Wildman–Crippen MR) is 77.7 cm³/mol. The quantitative estimate of drug-likeness (QED) is 0.849. The third-order valence-corrected chi connectivity index (χ3v) is 3.03. The number of nitrogens with zero attached hydrogens (tertiary/aromatic N) is 2. The summed E-state index contributed by atoms with van der Waals surface area (Å²) in [5, 5.41) is 16.5. The van der Waals surface area contributed by atoms with Crippen LogP contribution >= 0.6 is 0 Å². The van der Waals surface area contributed by atoms with Gasteiger partial charge in [0.25, 0.3) is 0 Å². The lowest BCUT2D eigenvalue weighted by molar-refractivity contribution is 0.0697. The van der Waals surface area contributed by atoms with E-state index in [-0.39, 0.29) is 5.56 Å². The second kappa shape index (κ2) is 6.17. The largest absolute Gasteiger partial charge is 0.493 e. The second-order valence-corrected chi connectivity index (χ2v) is 4.22. The molecule has 2 rings (SSSR count). The summed E-state index contributed by atoms with van der Waals surface area (Å²) in [6.45, 7) is 2.62. The van der Waals surface area contributed by atoms with Crippen LogP contribution in [0.3, 0.4) is 0 Å². The van der Waals surface area contributed by atoms with Crippen LogP contribution in [0.1, 0.15) is 17.3 Å².